The molecule has 122 valence electrons. The molecule has 1 aromatic carbocycles. The van der Waals surface area contributed by atoms with Crippen molar-refractivity contribution < 1.29 is 14.6 Å². The lowest BCUT2D eigenvalue weighted by molar-refractivity contribution is 0.0963. The third-order valence-electron chi connectivity index (χ3n) is 4.01. The molecule has 1 aliphatic heterocycles. The fourth-order valence-electron chi connectivity index (χ4n) is 2.81. The van der Waals surface area contributed by atoms with Crippen molar-refractivity contribution >= 4 is 33.9 Å². The second-order valence-electron chi connectivity index (χ2n) is 5.56. The third kappa shape index (κ3) is 2.47. The van der Waals surface area contributed by atoms with Gasteiger partial charge in [-0.2, -0.15) is 0 Å². The average molecular weight is 342 g/mol. The van der Waals surface area contributed by atoms with Crippen LogP contribution < -0.4 is 10.5 Å². The highest BCUT2D eigenvalue weighted by atomic mass is 32.1. The third-order valence-corrected chi connectivity index (χ3v) is 4.91. The molecule has 2 aromatic heterocycles. The standard InChI is InChI=1S/C17H14N2O4S/c20-9-12-8-19(17(22)23-12)11-4-3-10-6-14(15-2-1-5-24-15)18-16(21)13(10)7-11/h1-7,12,20H,8-9H2,(H,18,21)/t12-/m1/s1. The maximum Gasteiger partial charge on any atom is 0.414 e. The Morgan fingerprint density at radius 1 is 1.29 bits per heavy atom. The van der Waals surface area contributed by atoms with Gasteiger partial charge in [0, 0.05) is 11.1 Å². The van der Waals surface area contributed by atoms with Crippen LogP contribution in [0.1, 0.15) is 0 Å². The Balaban J connectivity index is 1.77. The number of carbonyl (C=O) groups is 1. The number of nitrogens with one attached hydrogen (secondary N) is 1. The first-order valence-corrected chi connectivity index (χ1v) is 8.33. The molecule has 0 bridgehead atoms. The van der Waals surface area contributed by atoms with Crippen molar-refractivity contribution in [3.05, 3.63) is 52.1 Å². The van der Waals surface area contributed by atoms with E-state index in [1.165, 1.54) is 4.90 Å². The molecular formula is C17H14N2O4S. The van der Waals surface area contributed by atoms with E-state index in [1.54, 1.807) is 23.5 Å². The minimum atomic E-state index is -0.535. The molecule has 1 amide bonds. The molecule has 0 radical (unpaired) electrons. The Bertz CT molecular complexity index is 964. The highest BCUT2D eigenvalue weighted by molar-refractivity contribution is 7.13. The number of rotatable bonds is 3. The van der Waals surface area contributed by atoms with Crippen LogP contribution in [0.15, 0.2) is 46.6 Å². The van der Waals surface area contributed by atoms with Gasteiger partial charge in [0.05, 0.1) is 23.7 Å². The molecule has 0 spiro atoms. The van der Waals surface area contributed by atoms with Crippen LogP contribution in [0, 0.1) is 0 Å². The summed E-state index contributed by atoms with van der Waals surface area (Å²) in [5.74, 6) is 0. The molecule has 6 nitrogen and oxygen atoms in total. The number of aromatic nitrogens is 1. The molecule has 0 aliphatic carbocycles. The van der Waals surface area contributed by atoms with Gasteiger partial charge in [-0.15, -0.1) is 11.3 Å². The van der Waals surface area contributed by atoms with Crippen molar-refractivity contribution in [2.45, 2.75) is 6.10 Å². The molecular weight excluding hydrogens is 328 g/mol. The topological polar surface area (TPSA) is 82.6 Å². The fraction of sp³-hybridized carbons (Fsp3) is 0.176. The summed E-state index contributed by atoms with van der Waals surface area (Å²) >= 11 is 1.56. The number of H-pyrrole nitrogens is 1. The summed E-state index contributed by atoms with van der Waals surface area (Å²) in [5.41, 5.74) is 1.15. The van der Waals surface area contributed by atoms with Gasteiger partial charge in [-0.05, 0) is 35.0 Å². The van der Waals surface area contributed by atoms with Crippen LogP contribution in [0.25, 0.3) is 21.3 Å². The van der Waals surface area contributed by atoms with Crippen LogP contribution in [0.3, 0.4) is 0 Å². The zero-order chi connectivity index (χ0) is 16.7. The van der Waals surface area contributed by atoms with Gasteiger partial charge in [0.15, 0.2) is 0 Å². The predicted molar refractivity (Wildman–Crippen MR) is 92.6 cm³/mol. The highest BCUT2D eigenvalue weighted by Crippen LogP contribution is 2.28. The van der Waals surface area contributed by atoms with Gasteiger partial charge >= 0.3 is 6.09 Å². The van der Waals surface area contributed by atoms with Crippen molar-refractivity contribution in [1.82, 2.24) is 4.98 Å². The summed E-state index contributed by atoms with van der Waals surface area (Å²) in [5, 5.41) is 12.4. The zero-order valence-corrected chi connectivity index (χ0v) is 13.4. The number of ether oxygens (including phenoxy) is 1. The maximum absolute atomic E-state index is 12.4. The monoisotopic (exact) mass is 342 g/mol. The van der Waals surface area contributed by atoms with E-state index in [-0.39, 0.29) is 18.7 Å². The zero-order valence-electron chi connectivity index (χ0n) is 12.6. The number of hydrogen-bond acceptors (Lipinski definition) is 5. The number of hydrogen-bond donors (Lipinski definition) is 2. The van der Waals surface area contributed by atoms with Crippen molar-refractivity contribution in [2.75, 3.05) is 18.1 Å². The molecule has 1 saturated heterocycles. The number of carbonyl (C=O) groups excluding carboxylic acids is 1. The summed E-state index contributed by atoms with van der Waals surface area (Å²) in [6.07, 6.45) is -1.05. The Morgan fingerprint density at radius 2 is 2.17 bits per heavy atom. The highest BCUT2D eigenvalue weighted by Gasteiger charge is 2.31. The van der Waals surface area contributed by atoms with Crippen molar-refractivity contribution in [1.29, 1.82) is 0 Å². The molecule has 1 fully saturated rings. The minimum Gasteiger partial charge on any atom is -0.441 e. The lowest BCUT2D eigenvalue weighted by Crippen LogP contribution is -2.25. The van der Waals surface area contributed by atoms with Crippen LogP contribution in [0.5, 0.6) is 0 Å². The number of amides is 1. The number of nitrogens with zero attached hydrogens (tertiary/aromatic N) is 1. The molecule has 1 aliphatic rings. The summed E-state index contributed by atoms with van der Waals surface area (Å²) in [6, 6.07) is 11.1. The van der Waals surface area contributed by atoms with Crippen LogP contribution in [0.4, 0.5) is 10.5 Å². The van der Waals surface area contributed by atoms with Gasteiger partial charge in [-0.3, -0.25) is 9.69 Å². The van der Waals surface area contributed by atoms with Gasteiger partial charge < -0.3 is 14.8 Å². The van der Waals surface area contributed by atoms with Crippen LogP contribution >= 0.6 is 11.3 Å². The van der Waals surface area contributed by atoms with Gasteiger partial charge in [0.2, 0.25) is 0 Å². The Morgan fingerprint density at radius 3 is 2.88 bits per heavy atom. The van der Waals surface area contributed by atoms with E-state index in [2.05, 4.69) is 4.98 Å². The summed E-state index contributed by atoms with van der Waals surface area (Å²) in [6.45, 7) is 0.0482. The number of benzene rings is 1. The normalized spacial score (nSPS) is 17.5. The molecule has 1 atom stereocenters. The first-order valence-electron chi connectivity index (χ1n) is 7.45. The Kier molecular flexibility index (Phi) is 3.59. The van der Waals surface area contributed by atoms with E-state index in [1.807, 2.05) is 29.6 Å². The van der Waals surface area contributed by atoms with Crippen molar-refractivity contribution in [2.24, 2.45) is 0 Å². The average Bonchev–Trinajstić information content (AvgIpc) is 3.24. The first kappa shape index (κ1) is 14.9. The Labute approximate surface area is 140 Å². The van der Waals surface area contributed by atoms with E-state index in [4.69, 9.17) is 9.84 Å². The second kappa shape index (κ2) is 5.77. The van der Waals surface area contributed by atoms with Gasteiger partial charge in [-0.25, -0.2) is 4.79 Å². The number of aliphatic hydroxyl groups excluding tert-OH is 1. The first-order chi connectivity index (χ1) is 11.7. The van der Waals surface area contributed by atoms with Crippen LogP contribution in [0.2, 0.25) is 0 Å². The smallest absolute Gasteiger partial charge is 0.414 e. The van der Waals surface area contributed by atoms with E-state index in [0.717, 1.165) is 16.0 Å². The number of aliphatic hydroxyl groups is 1. The van der Waals surface area contributed by atoms with Gasteiger partial charge in [0.25, 0.3) is 5.56 Å². The van der Waals surface area contributed by atoms with Crippen molar-refractivity contribution in [3.63, 3.8) is 0 Å². The number of aromatic amines is 1. The summed E-state index contributed by atoms with van der Waals surface area (Å²) in [7, 11) is 0. The van der Waals surface area contributed by atoms with E-state index in [0.29, 0.717) is 11.1 Å². The maximum atomic E-state index is 12.4. The SMILES string of the molecule is O=C1O[C@@H](CO)CN1c1ccc2cc(-c3cccs3)[nH]c(=O)c2c1. The molecule has 3 heterocycles. The summed E-state index contributed by atoms with van der Waals surface area (Å²) < 4.78 is 5.04. The quantitative estimate of drug-likeness (QED) is 0.766. The molecule has 7 heteroatoms. The predicted octanol–water partition coefficient (Wildman–Crippen LogP) is 2.57. The molecule has 0 unspecified atom stereocenters. The molecule has 24 heavy (non-hydrogen) atoms. The van der Waals surface area contributed by atoms with Crippen LogP contribution in [-0.4, -0.2) is 35.4 Å². The number of thiophene rings is 1. The number of pyridine rings is 1. The largest absolute Gasteiger partial charge is 0.441 e. The Hall–Kier alpha value is -2.64. The van der Waals surface area contributed by atoms with E-state index in [9.17, 15) is 9.59 Å². The van der Waals surface area contributed by atoms with Crippen LogP contribution in [-0.2, 0) is 4.74 Å². The molecule has 0 saturated carbocycles. The van der Waals surface area contributed by atoms with E-state index >= 15 is 0 Å². The summed E-state index contributed by atoms with van der Waals surface area (Å²) in [4.78, 5) is 29.6. The lowest BCUT2D eigenvalue weighted by atomic mass is 10.1. The second-order valence-corrected chi connectivity index (χ2v) is 6.51. The molecule has 4 rings (SSSR count). The number of fused-ring (bicyclic) bond motifs is 1. The fourth-order valence-corrected chi connectivity index (χ4v) is 3.51. The molecule has 2 N–H and O–H groups in total. The number of cyclic esters (lactones) is 1. The van der Waals surface area contributed by atoms with Gasteiger partial charge in [0.1, 0.15) is 6.10 Å². The number of anilines is 1. The van der Waals surface area contributed by atoms with E-state index < -0.39 is 12.2 Å². The van der Waals surface area contributed by atoms with Gasteiger partial charge in [-0.1, -0.05) is 12.1 Å². The minimum absolute atomic E-state index is 0.205. The lowest BCUT2D eigenvalue weighted by Gasteiger charge is -2.13. The van der Waals surface area contributed by atoms with Crippen molar-refractivity contribution in [3.8, 4) is 10.6 Å². The molecule has 3 aromatic rings.